The van der Waals surface area contributed by atoms with Crippen LogP contribution in [0.15, 0.2) is 52.5 Å². The second-order valence-corrected chi connectivity index (χ2v) is 12.1. The van der Waals surface area contributed by atoms with E-state index in [1.165, 1.54) is 70.6 Å². The van der Waals surface area contributed by atoms with E-state index in [-0.39, 0.29) is 11.3 Å². The second kappa shape index (κ2) is 18.0. The largest absolute Gasteiger partial charge is 0.507 e. The molecule has 1 aliphatic rings. The molecule has 0 unspecified atom stereocenters. The molecule has 1 aliphatic heterocycles. The van der Waals surface area contributed by atoms with Crippen LogP contribution in [0, 0.1) is 0 Å². The van der Waals surface area contributed by atoms with Gasteiger partial charge in [-0.3, -0.25) is 9.59 Å². The van der Waals surface area contributed by atoms with Crippen molar-refractivity contribution < 1.29 is 24.2 Å². The van der Waals surface area contributed by atoms with Crippen molar-refractivity contribution in [2.75, 3.05) is 20.8 Å². The number of unbranched alkanes of at least 4 members (excludes halogenated alkanes) is 13. The van der Waals surface area contributed by atoms with Crippen LogP contribution in [0.4, 0.5) is 0 Å². The molecule has 1 amide bonds. The molecule has 42 heavy (non-hydrogen) atoms. The number of Topliss-reactive ketones (excluding diaryl/α,β-unsaturated/α-hetero) is 1. The first-order valence-electron chi connectivity index (χ1n) is 15.7. The summed E-state index contributed by atoms with van der Waals surface area (Å²) in [5.74, 6) is -0.358. The van der Waals surface area contributed by atoms with Gasteiger partial charge in [0, 0.05) is 28.2 Å². The van der Waals surface area contributed by atoms with Crippen LogP contribution in [-0.4, -0.2) is 42.5 Å². The third-order valence-electron chi connectivity index (χ3n) is 8.15. The molecule has 1 N–H and O–H groups in total. The summed E-state index contributed by atoms with van der Waals surface area (Å²) in [4.78, 5) is 28.3. The number of nitrogens with zero attached hydrogens (tertiary/aromatic N) is 1. The molecule has 3 rings (SSSR count). The molecule has 0 spiro atoms. The third-order valence-corrected chi connectivity index (χ3v) is 8.67. The topological polar surface area (TPSA) is 76.1 Å². The Morgan fingerprint density at radius 3 is 1.86 bits per heavy atom. The van der Waals surface area contributed by atoms with Gasteiger partial charge in [-0.05, 0) is 30.7 Å². The summed E-state index contributed by atoms with van der Waals surface area (Å²) in [6.07, 6.45) is 17.4. The van der Waals surface area contributed by atoms with Gasteiger partial charge in [-0.2, -0.15) is 0 Å². The van der Waals surface area contributed by atoms with Gasteiger partial charge in [0.1, 0.15) is 17.3 Å². The minimum absolute atomic E-state index is 0.0798. The average Bonchev–Trinajstić information content (AvgIpc) is 3.25. The molecule has 1 heterocycles. The SMILES string of the molecule is CCCCCCCCCCCCCCCCN1C(=O)C(=O)C(=C(O)c2ccc(Br)cc2)[C@H]1c1ccc(OC)cc1OC. The van der Waals surface area contributed by atoms with Crippen LogP contribution in [0.1, 0.15) is 114 Å². The summed E-state index contributed by atoms with van der Waals surface area (Å²) < 4.78 is 11.9. The molecule has 0 aromatic heterocycles. The molecule has 0 bridgehead atoms. The highest BCUT2D eigenvalue weighted by Crippen LogP contribution is 2.44. The van der Waals surface area contributed by atoms with E-state index in [4.69, 9.17) is 9.47 Å². The number of carbonyl (C=O) groups is 2. The van der Waals surface area contributed by atoms with E-state index < -0.39 is 17.7 Å². The normalized spacial score (nSPS) is 16.3. The van der Waals surface area contributed by atoms with E-state index in [1.807, 2.05) is 0 Å². The summed E-state index contributed by atoms with van der Waals surface area (Å²) in [7, 11) is 3.12. The van der Waals surface area contributed by atoms with Gasteiger partial charge in [0.05, 0.1) is 25.8 Å². The van der Waals surface area contributed by atoms with Gasteiger partial charge in [0.25, 0.3) is 11.7 Å². The van der Waals surface area contributed by atoms with Crippen molar-refractivity contribution in [1.29, 1.82) is 0 Å². The van der Waals surface area contributed by atoms with Crippen molar-refractivity contribution in [2.45, 2.75) is 103 Å². The van der Waals surface area contributed by atoms with Gasteiger partial charge in [0.15, 0.2) is 0 Å². The molecule has 2 aromatic rings. The first-order chi connectivity index (χ1) is 20.4. The number of ether oxygens (including phenoxy) is 2. The zero-order valence-corrected chi connectivity index (χ0v) is 27.2. The molecule has 1 saturated heterocycles. The highest BCUT2D eigenvalue weighted by atomic mass is 79.9. The van der Waals surface area contributed by atoms with E-state index in [0.29, 0.717) is 29.2 Å². The van der Waals surface area contributed by atoms with Crippen LogP contribution in [0.25, 0.3) is 5.76 Å². The predicted octanol–water partition coefficient (Wildman–Crippen LogP) is 9.37. The number of rotatable bonds is 19. The van der Waals surface area contributed by atoms with Gasteiger partial charge in [0.2, 0.25) is 0 Å². The molecular weight excluding hydrogens is 594 g/mol. The lowest BCUT2D eigenvalue weighted by atomic mass is 9.94. The van der Waals surface area contributed by atoms with Crippen molar-refractivity contribution >= 4 is 33.4 Å². The van der Waals surface area contributed by atoms with Gasteiger partial charge < -0.3 is 19.5 Å². The maximum absolute atomic E-state index is 13.4. The van der Waals surface area contributed by atoms with Crippen molar-refractivity contribution in [3.63, 3.8) is 0 Å². The number of ketones is 1. The number of hydrogen-bond donors (Lipinski definition) is 1. The fraction of sp³-hybridized carbons (Fsp3) is 0.543. The zero-order valence-electron chi connectivity index (χ0n) is 25.6. The third kappa shape index (κ3) is 9.35. The van der Waals surface area contributed by atoms with E-state index in [9.17, 15) is 14.7 Å². The lowest BCUT2D eigenvalue weighted by Crippen LogP contribution is -2.31. The molecule has 0 radical (unpaired) electrons. The molecule has 2 aromatic carbocycles. The standard InChI is InChI=1S/C35H48BrNO5/c1-4-5-6-7-8-9-10-11-12-13-14-15-16-17-24-37-32(29-23-22-28(41-2)25-30(29)42-3)31(34(39)35(37)40)33(38)26-18-20-27(36)21-19-26/h18-23,25,32,38H,4-17,24H2,1-3H3/t32-/m1/s1. The van der Waals surface area contributed by atoms with Crippen LogP contribution in [0.2, 0.25) is 0 Å². The number of aliphatic hydroxyl groups is 1. The lowest BCUT2D eigenvalue weighted by molar-refractivity contribution is -0.139. The first kappa shape index (κ1) is 33.7. The molecule has 6 nitrogen and oxygen atoms in total. The molecule has 0 aliphatic carbocycles. The fourth-order valence-corrected chi connectivity index (χ4v) is 5.98. The maximum Gasteiger partial charge on any atom is 0.295 e. The summed E-state index contributed by atoms with van der Waals surface area (Å²) in [5.41, 5.74) is 1.20. The second-order valence-electron chi connectivity index (χ2n) is 11.2. The first-order valence-corrected chi connectivity index (χ1v) is 16.5. The monoisotopic (exact) mass is 641 g/mol. The summed E-state index contributed by atoms with van der Waals surface area (Å²) in [6.45, 7) is 2.69. The molecule has 1 atom stereocenters. The Bertz CT molecular complexity index is 1180. The maximum atomic E-state index is 13.4. The van der Waals surface area contributed by atoms with Crippen LogP contribution < -0.4 is 9.47 Å². The van der Waals surface area contributed by atoms with Crippen LogP contribution in [0.5, 0.6) is 11.5 Å². The lowest BCUT2D eigenvalue weighted by Gasteiger charge is -2.27. The quantitative estimate of drug-likeness (QED) is 0.0715. The molecule has 0 saturated carbocycles. The highest BCUT2D eigenvalue weighted by molar-refractivity contribution is 9.10. The number of likely N-dealkylation sites (tertiary alicyclic amines) is 1. The average molecular weight is 643 g/mol. The number of benzene rings is 2. The van der Waals surface area contributed by atoms with Crippen LogP contribution in [0.3, 0.4) is 0 Å². The Labute approximate surface area is 260 Å². The number of aliphatic hydroxyl groups excluding tert-OH is 1. The Balaban J connectivity index is 1.63. The Morgan fingerprint density at radius 1 is 0.786 bits per heavy atom. The highest BCUT2D eigenvalue weighted by Gasteiger charge is 2.46. The van der Waals surface area contributed by atoms with E-state index in [0.717, 1.165) is 23.7 Å². The van der Waals surface area contributed by atoms with E-state index in [1.54, 1.807) is 61.6 Å². The number of halogens is 1. The number of methoxy groups -OCH3 is 2. The van der Waals surface area contributed by atoms with Gasteiger partial charge >= 0.3 is 0 Å². The zero-order chi connectivity index (χ0) is 30.3. The van der Waals surface area contributed by atoms with Crippen molar-refractivity contribution in [3.05, 3.63) is 63.6 Å². The van der Waals surface area contributed by atoms with Crippen LogP contribution >= 0.6 is 15.9 Å². The van der Waals surface area contributed by atoms with Gasteiger partial charge in [-0.1, -0.05) is 118 Å². The van der Waals surface area contributed by atoms with Crippen molar-refractivity contribution in [1.82, 2.24) is 4.90 Å². The molecule has 7 heteroatoms. The van der Waals surface area contributed by atoms with E-state index in [2.05, 4.69) is 22.9 Å². The van der Waals surface area contributed by atoms with E-state index >= 15 is 0 Å². The van der Waals surface area contributed by atoms with Gasteiger partial charge in [-0.15, -0.1) is 0 Å². The predicted molar refractivity (Wildman–Crippen MR) is 173 cm³/mol. The van der Waals surface area contributed by atoms with Crippen LogP contribution in [-0.2, 0) is 9.59 Å². The van der Waals surface area contributed by atoms with Crippen molar-refractivity contribution in [3.8, 4) is 11.5 Å². The number of amides is 1. The summed E-state index contributed by atoms with van der Waals surface area (Å²) >= 11 is 3.41. The minimum atomic E-state index is -0.753. The fourth-order valence-electron chi connectivity index (χ4n) is 5.72. The number of hydrogen-bond acceptors (Lipinski definition) is 5. The molecular formula is C35H48BrNO5. The number of carbonyl (C=O) groups excluding carboxylic acids is 2. The summed E-state index contributed by atoms with van der Waals surface area (Å²) in [6, 6.07) is 11.6. The Kier molecular flexibility index (Phi) is 14.4. The minimum Gasteiger partial charge on any atom is -0.507 e. The molecule has 1 fully saturated rings. The molecule has 230 valence electrons. The Hall–Kier alpha value is -2.80. The smallest absolute Gasteiger partial charge is 0.295 e. The Morgan fingerprint density at radius 2 is 1.33 bits per heavy atom. The van der Waals surface area contributed by atoms with Crippen molar-refractivity contribution in [2.24, 2.45) is 0 Å². The summed E-state index contributed by atoms with van der Waals surface area (Å²) in [5, 5.41) is 11.3. The van der Waals surface area contributed by atoms with Gasteiger partial charge in [-0.25, -0.2) is 0 Å².